The van der Waals surface area contributed by atoms with Crippen LogP contribution in [0.1, 0.15) is 16.1 Å². The van der Waals surface area contributed by atoms with Gasteiger partial charge in [-0.05, 0) is 18.2 Å². The van der Waals surface area contributed by atoms with Crippen LogP contribution in [0.3, 0.4) is 0 Å². The molecule has 0 aliphatic rings. The molecule has 5 nitrogen and oxygen atoms in total. The molecule has 1 heterocycles. The van der Waals surface area contributed by atoms with Crippen molar-refractivity contribution in [2.24, 2.45) is 0 Å². The molecule has 5 heteroatoms. The Balaban J connectivity index is 2.25. The molecule has 0 saturated carbocycles. The Morgan fingerprint density at radius 2 is 1.82 bits per heavy atom. The van der Waals surface area contributed by atoms with E-state index in [0.29, 0.717) is 29.2 Å². The summed E-state index contributed by atoms with van der Waals surface area (Å²) in [4.78, 5) is 12.4. The highest BCUT2D eigenvalue weighted by atomic mass is 16.5. The molecule has 0 saturated heterocycles. The van der Waals surface area contributed by atoms with Gasteiger partial charge in [-0.3, -0.25) is 4.79 Å². The SMILES string of the molecule is COc1cc(OC)c(C(=O)/C=C/Cc2ccco2)c(OC)c1. The van der Waals surface area contributed by atoms with Gasteiger partial charge in [-0.15, -0.1) is 0 Å². The summed E-state index contributed by atoms with van der Waals surface area (Å²) in [5, 5.41) is 0. The van der Waals surface area contributed by atoms with Crippen molar-refractivity contribution in [3.8, 4) is 17.2 Å². The summed E-state index contributed by atoms with van der Waals surface area (Å²) >= 11 is 0. The van der Waals surface area contributed by atoms with E-state index < -0.39 is 0 Å². The molecule has 0 aliphatic carbocycles. The van der Waals surface area contributed by atoms with Gasteiger partial charge in [-0.1, -0.05) is 6.08 Å². The lowest BCUT2D eigenvalue weighted by Gasteiger charge is -2.13. The minimum atomic E-state index is -0.206. The average molecular weight is 302 g/mol. The number of benzene rings is 1. The Kier molecular flexibility index (Phi) is 5.25. The molecule has 0 radical (unpaired) electrons. The van der Waals surface area contributed by atoms with E-state index in [1.165, 1.54) is 20.3 Å². The molecular formula is C17H18O5. The summed E-state index contributed by atoms with van der Waals surface area (Å²) in [6.45, 7) is 0. The Bertz CT molecular complexity index is 631. The van der Waals surface area contributed by atoms with Crippen molar-refractivity contribution in [3.05, 3.63) is 54.0 Å². The monoisotopic (exact) mass is 302 g/mol. The number of ketones is 1. The van der Waals surface area contributed by atoms with Crippen molar-refractivity contribution in [1.82, 2.24) is 0 Å². The second-order valence-corrected chi connectivity index (χ2v) is 4.46. The molecule has 0 amide bonds. The lowest BCUT2D eigenvalue weighted by Crippen LogP contribution is -2.03. The second kappa shape index (κ2) is 7.36. The molecule has 0 atom stereocenters. The smallest absolute Gasteiger partial charge is 0.193 e. The molecule has 0 N–H and O–H groups in total. The van der Waals surface area contributed by atoms with Gasteiger partial charge >= 0.3 is 0 Å². The van der Waals surface area contributed by atoms with Crippen molar-refractivity contribution >= 4 is 5.78 Å². The van der Waals surface area contributed by atoms with E-state index >= 15 is 0 Å². The predicted octanol–water partition coefficient (Wildman–Crippen LogP) is 3.29. The van der Waals surface area contributed by atoms with Crippen LogP contribution < -0.4 is 14.2 Å². The van der Waals surface area contributed by atoms with Gasteiger partial charge in [0, 0.05) is 18.6 Å². The number of ether oxygens (including phenoxy) is 3. The molecule has 2 rings (SSSR count). The first-order chi connectivity index (χ1) is 10.7. The zero-order chi connectivity index (χ0) is 15.9. The molecule has 1 aromatic carbocycles. The fraction of sp³-hybridized carbons (Fsp3) is 0.235. The van der Waals surface area contributed by atoms with Crippen molar-refractivity contribution in [1.29, 1.82) is 0 Å². The summed E-state index contributed by atoms with van der Waals surface area (Å²) in [5.74, 6) is 1.96. The first kappa shape index (κ1) is 15.7. The van der Waals surface area contributed by atoms with E-state index in [2.05, 4.69) is 0 Å². The summed E-state index contributed by atoms with van der Waals surface area (Å²) in [5.41, 5.74) is 0.362. The van der Waals surface area contributed by atoms with Crippen LogP contribution in [-0.4, -0.2) is 27.1 Å². The van der Waals surface area contributed by atoms with Crippen LogP contribution in [0.15, 0.2) is 47.1 Å². The normalized spacial score (nSPS) is 10.7. The van der Waals surface area contributed by atoms with Gasteiger partial charge in [-0.2, -0.15) is 0 Å². The van der Waals surface area contributed by atoms with Crippen LogP contribution in [0, 0.1) is 0 Å². The lowest BCUT2D eigenvalue weighted by atomic mass is 10.1. The average Bonchev–Trinajstić information content (AvgIpc) is 3.06. The number of methoxy groups -OCH3 is 3. The van der Waals surface area contributed by atoms with Crippen LogP contribution in [0.4, 0.5) is 0 Å². The standard InChI is InChI=1S/C17H18O5/c1-19-13-10-15(20-2)17(16(11-13)21-3)14(18)8-4-6-12-7-5-9-22-12/h4-5,7-11H,6H2,1-3H3/b8-4+. The van der Waals surface area contributed by atoms with Crippen molar-refractivity contribution < 1.29 is 23.4 Å². The van der Waals surface area contributed by atoms with Gasteiger partial charge in [0.05, 0.1) is 27.6 Å². The Labute approximate surface area is 129 Å². The van der Waals surface area contributed by atoms with Gasteiger partial charge in [0.2, 0.25) is 0 Å². The maximum Gasteiger partial charge on any atom is 0.193 e. The number of carbonyl (C=O) groups excluding carboxylic acids is 1. The van der Waals surface area contributed by atoms with Crippen molar-refractivity contribution in [2.75, 3.05) is 21.3 Å². The topological polar surface area (TPSA) is 57.9 Å². The van der Waals surface area contributed by atoms with Crippen LogP contribution in [0.5, 0.6) is 17.2 Å². The third-order valence-corrected chi connectivity index (χ3v) is 3.13. The molecule has 0 unspecified atom stereocenters. The van der Waals surface area contributed by atoms with E-state index in [4.69, 9.17) is 18.6 Å². The quantitative estimate of drug-likeness (QED) is 0.580. The minimum Gasteiger partial charge on any atom is -0.496 e. The van der Waals surface area contributed by atoms with Crippen LogP contribution in [-0.2, 0) is 6.42 Å². The molecule has 0 bridgehead atoms. The first-order valence-electron chi connectivity index (χ1n) is 6.72. The molecule has 1 aromatic heterocycles. The molecule has 0 aliphatic heterocycles. The summed E-state index contributed by atoms with van der Waals surface area (Å²) in [6, 6.07) is 6.95. The van der Waals surface area contributed by atoms with Crippen LogP contribution >= 0.6 is 0 Å². The number of furan rings is 1. The van der Waals surface area contributed by atoms with Crippen LogP contribution in [0.2, 0.25) is 0 Å². The van der Waals surface area contributed by atoms with Crippen molar-refractivity contribution in [2.45, 2.75) is 6.42 Å². The number of allylic oxidation sites excluding steroid dienone is 2. The highest BCUT2D eigenvalue weighted by Crippen LogP contribution is 2.34. The van der Waals surface area contributed by atoms with Gasteiger partial charge < -0.3 is 18.6 Å². The van der Waals surface area contributed by atoms with E-state index in [9.17, 15) is 4.79 Å². The highest BCUT2D eigenvalue weighted by Gasteiger charge is 2.18. The fourth-order valence-corrected chi connectivity index (χ4v) is 2.04. The van der Waals surface area contributed by atoms with Gasteiger partial charge in [0.15, 0.2) is 5.78 Å². The largest absolute Gasteiger partial charge is 0.496 e. The summed E-state index contributed by atoms with van der Waals surface area (Å²) < 4.78 is 20.9. The molecular weight excluding hydrogens is 284 g/mol. The van der Waals surface area contributed by atoms with Crippen molar-refractivity contribution in [3.63, 3.8) is 0 Å². The number of rotatable bonds is 7. The highest BCUT2D eigenvalue weighted by molar-refractivity contribution is 6.08. The number of hydrogen-bond donors (Lipinski definition) is 0. The fourth-order valence-electron chi connectivity index (χ4n) is 2.04. The zero-order valence-electron chi connectivity index (χ0n) is 12.8. The third kappa shape index (κ3) is 3.49. The summed E-state index contributed by atoms with van der Waals surface area (Å²) in [6.07, 6.45) is 5.36. The zero-order valence-corrected chi connectivity index (χ0v) is 12.8. The van der Waals surface area contributed by atoms with Gasteiger partial charge in [-0.25, -0.2) is 0 Å². The van der Waals surface area contributed by atoms with Gasteiger partial charge in [0.25, 0.3) is 0 Å². The van der Waals surface area contributed by atoms with Crippen LogP contribution in [0.25, 0.3) is 0 Å². The first-order valence-corrected chi connectivity index (χ1v) is 6.72. The Morgan fingerprint density at radius 1 is 1.14 bits per heavy atom. The number of hydrogen-bond acceptors (Lipinski definition) is 5. The predicted molar refractivity (Wildman–Crippen MR) is 82.0 cm³/mol. The minimum absolute atomic E-state index is 0.206. The van der Waals surface area contributed by atoms with E-state index in [0.717, 1.165) is 5.76 Å². The lowest BCUT2D eigenvalue weighted by molar-refractivity contribution is 0.104. The number of carbonyl (C=O) groups is 1. The molecule has 22 heavy (non-hydrogen) atoms. The third-order valence-electron chi connectivity index (χ3n) is 3.13. The molecule has 116 valence electrons. The molecule has 0 fully saturated rings. The van der Waals surface area contributed by atoms with E-state index in [-0.39, 0.29) is 5.78 Å². The Hall–Kier alpha value is -2.69. The van der Waals surface area contributed by atoms with Gasteiger partial charge in [0.1, 0.15) is 28.6 Å². The second-order valence-electron chi connectivity index (χ2n) is 4.46. The summed E-state index contributed by atoms with van der Waals surface area (Å²) in [7, 11) is 4.54. The molecule has 0 spiro atoms. The maximum atomic E-state index is 12.4. The Morgan fingerprint density at radius 3 is 2.32 bits per heavy atom. The molecule has 2 aromatic rings. The maximum absolute atomic E-state index is 12.4. The van der Waals surface area contributed by atoms with E-state index in [1.807, 2.05) is 6.07 Å². The van der Waals surface area contributed by atoms with E-state index in [1.54, 1.807) is 37.6 Å².